The summed E-state index contributed by atoms with van der Waals surface area (Å²) in [6.07, 6.45) is 2.33. The highest BCUT2D eigenvalue weighted by molar-refractivity contribution is 5.80. The number of hydrogen-bond acceptors (Lipinski definition) is 2. The van der Waals surface area contributed by atoms with Crippen molar-refractivity contribution in [3.8, 4) is 0 Å². The molecular weight excluding hydrogens is 293 g/mol. The third-order valence-electron chi connectivity index (χ3n) is 5.24. The SMILES string of the molecule is CN=C(NCCc1ccc(F)cc1)NC1C2CCOC2C1(C)C. The van der Waals surface area contributed by atoms with Crippen LogP contribution in [0.2, 0.25) is 0 Å². The van der Waals surface area contributed by atoms with Crippen molar-refractivity contribution in [2.75, 3.05) is 20.2 Å². The lowest BCUT2D eigenvalue weighted by Crippen LogP contribution is -2.68. The Labute approximate surface area is 137 Å². The number of guanidine groups is 1. The van der Waals surface area contributed by atoms with Crippen LogP contribution in [0.1, 0.15) is 25.8 Å². The van der Waals surface area contributed by atoms with Gasteiger partial charge in [0.2, 0.25) is 0 Å². The molecule has 3 atom stereocenters. The third kappa shape index (κ3) is 3.20. The molecule has 5 heteroatoms. The molecule has 1 aromatic rings. The molecule has 23 heavy (non-hydrogen) atoms. The van der Waals surface area contributed by atoms with Crippen molar-refractivity contribution in [2.24, 2.45) is 16.3 Å². The molecule has 3 unspecified atom stereocenters. The van der Waals surface area contributed by atoms with Crippen molar-refractivity contribution in [3.05, 3.63) is 35.6 Å². The van der Waals surface area contributed by atoms with E-state index >= 15 is 0 Å². The molecule has 1 aromatic carbocycles. The maximum absolute atomic E-state index is 12.9. The smallest absolute Gasteiger partial charge is 0.191 e. The Kier molecular flexibility index (Phi) is 4.57. The summed E-state index contributed by atoms with van der Waals surface area (Å²) in [6.45, 7) is 6.14. The topological polar surface area (TPSA) is 45.7 Å². The van der Waals surface area contributed by atoms with Gasteiger partial charge in [0.25, 0.3) is 0 Å². The van der Waals surface area contributed by atoms with E-state index in [-0.39, 0.29) is 11.2 Å². The van der Waals surface area contributed by atoms with Gasteiger partial charge in [0.1, 0.15) is 5.82 Å². The number of fused-ring (bicyclic) bond motifs is 1. The third-order valence-corrected chi connectivity index (χ3v) is 5.24. The van der Waals surface area contributed by atoms with E-state index in [1.54, 1.807) is 7.05 Å². The van der Waals surface area contributed by atoms with E-state index in [0.29, 0.717) is 18.1 Å². The van der Waals surface area contributed by atoms with Crippen molar-refractivity contribution < 1.29 is 9.13 Å². The Balaban J connectivity index is 1.50. The number of nitrogens with one attached hydrogen (secondary N) is 2. The highest BCUT2D eigenvalue weighted by atomic mass is 19.1. The van der Waals surface area contributed by atoms with Crippen LogP contribution >= 0.6 is 0 Å². The molecule has 0 bridgehead atoms. The minimum absolute atomic E-state index is 0.135. The fraction of sp³-hybridized carbons (Fsp3) is 0.611. The van der Waals surface area contributed by atoms with E-state index in [2.05, 4.69) is 29.5 Å². The maximum Gasteiger partial charge on any atom is 0.191 e. The second-order valence-electron chi connectivity index (χ2n) is 7.06. The molecule has 2 N–H and O–H groups in total. The summed E-state index contributed by atoms with van der Waals surface area (Å²) in [5.74, 6) is 1.22. The first-order chi connectivity index (χ1) is 11.0. The van der Waals surface area contributed by atoms with Crippen LogP contribution in [0, 0.1) is 17.2 Å². The highest BCUT2D eigenvalue weighted by Gasteiger charge is 2.59. The number of hydrogen-bond donors (Lipinski definition) is 2. The maximum atomic E-state index is 12.9. The number of halogens is 1. The van der Waals surface area contributed by atoms with E-state index in [0.717, 1.165) is 37.5 Å². The van der Waals surface area contributed by atoms with Gasteiger partial charge in [-0.3, -0.25) is 4.99 Å². The molecule has 1 saturated heterocycles. The monoisotopic (exact) mass is 319 g/mol. The number of nitrogens with zero attached hydrogens (tertiary/aromatic N) is 1. The first-order valence-corrected chi connectivity index (χ1v) is 8.35. The molecule has 0 spiro atoms. The first kappa shape index (κ1) is 16.2. The summed E-state index contributed by atoms with van der Waals surface area (Å²) in [5, 5.41) is 6.91. The predicted octanol–water partition coefficient (Wildman–Crippen LogP) is 2.35. The highest BCUT2D eigenvalue weighted by Crippen LogP contribution is 2.52. The molecule has 0 aromatic heterocycles. The molecular formula is C18H26FN3O. The van der Waals surface area contributed by atoms with Crippen LogP contribution in [-0.2, 0) is 11.2 Å². The van der Waals surface area contributed by atoms with Gasteiger partial charge in [-0.1, -0.05) is 26.0 Å². The van der Waals surface area contributed by atoms with Gasteiger partial charge in [-0.15, -0.1) is 0 Å². The summed E-state index contributed by atoms with van der Waals surface area (Å²) >= 11 is 0. The van der Waals surface area contributed by atoms with Crippen LogP contribution in [0.3, 0.4) is 0 Å². The summed E-state index contributed by atoms with van der Waals surface area (Å²) in [7, 11) is 1.79. The second-order valence-corrected chi connectivity index (χ2v) is 7.06. The normalized spacial score (nSPS) is 28.9. The minimum Gasteiger partial charge on any atom is -0.377 e. The molecule has 1 aliphatic carbocycles. The van der Waals surface area contributed by atoms with Gasteiger partial charge in [0.15, 0.2) is 5.96 Å². The Morgan fingerprint density at radius 3 is 2.78 bits per heavy atom. The van der Waals surface area contributed by atoms with Gasteiger partial charge in [-0.25, -0.2) is 4.39 Å². The van der Waals surface area contributed by atoms with Crippen LogP contribution in [0.4, 0.5) is 4.39 Å². The van der Waals surface area contributed by atoms with Crippen LogP contribution < -0.4 is 10.6 Å². The molecule has 1 aliphatic heterocycles. The molecule has 2 aliphatic rings. The van der Waals surface area contributed by atoms with Gasteiger partial charge < -0.3 is 15.4 Å². The zero-order chi connectivity index (χ0) is 16.4. The van der Waals surface area contributed by atoms with Crippen molar-refractivity contribution in [2.45, 2.75) is 38.8 Å². The quantitative estimate of drug-likeness (QED) is 0.661. The molecule has 1 heterocycles. The molecule has 1 saturated carbocycles. The predicted molar refractivity (Wildman–Crippen MR) is 90.0 cm³/mol. The molecule has 126 valence electrons. The Bertz CT molecular complexity index is 570. The number of aliphatic imine (C=N–C) groups is 1. The standard InChI is InChI=1S/C18H26FN3O/c1-18(2)15(14-9-11-23-16(14)18)22-17(20-3)21-10-8-12-4-6-13(19)7-5-12/h4-7,14-16H,8-11H2,1-3H3,(H2,20,21,22). The number of ether oxygens (including phenoxy) is 1. The molecule has 2 fully saturated rings. The van der Waals surface area contributed by atoms with Gasteiger partial charge in [-0.05, 0) is 30.5 Å². The van der Waals surface area contributed by atoms with Gasteiger partial charge in [0, 0.05) is 37.6 Å². The van der Waals surface area contributed by atoms with E-state index in [4.69, 9.17) is 4.74 Å². The van der Waals surface area contributed by atoms with E-state index in [1.807, 2.05) is 12.1 Å². The first-order valence-electron chi connectivity index (χ1n) is 8.35. The zero-order valence-electron chi connectivity index (χ0n) is 14.1. The van der Waals surface area contributed by atoms with Crippen LogP contribution in [0.25, 0.3) is 0 Å². The van der Waals surface area contributed by atoms with E-state index in [9.17, 15) is 4.39 Å². The lowest BCUT2D eigenvalue weighted by molar-refractivity contribution is -0.106. The average Bonchev–Trinajstić information content (AvgIpc) is 2.99. The van der Waals surface area contributed by atoms with Gasteiger partial charge in [-0.2, -0.15) is 0 Å². The fourth-order valence-corrected chi connectivity index (χ4v) is 3.94. The fourth-order valence-electron chi connectivity index (χ4n) is 3.94. The minimum atomic E-state index is -0.195. The Morgan fingerprint density at radius 1 is 1.35 bits per heavy atom. The number of rotatable bonds is 4. The Morgan fingerprint density at radius 2 is 2.09 bits per heavy atom. The lowest BCUT2D eigenvalue weighted by atomic mass is 9.57. The van der Waals surface area contributed by atoms with Crippen molar-refractivity contribution in [1.29, 1.82) is 0 Å². The van der Waals surface area contributed by atoms with Crippen molar-refractivity contribution in [1.82, 2.24) is 10.6 Å². The Hall–Kier alpha value is -1.62. The molecule has 4 nitrogen and oxygen atoms in total. The summed E-state index contributed by atoms with van der Waals surface area (Å²) in [6, 6.07) is 7.04. The summed E-state index contributed by atoms with van der Waals surface area (Å²) < 4.78 is 18.7. The molecule has 3 rings (SSSR count). The van der Waals surface area contributed by atoms with Gasteiger partial charge >= 0.3 is 0 Å². The average molecular weight is 319 g/mol. The lowest BCUT2D eigenvalue weighted by Gasteiger charge is -2.54. The van der Waals surface area contributed by atoms with E-state index in [1.165, 1.54) is 12.1 Å². The van der Waals surface area contributed by atoms with E-state index < -0.39 is 0 Å². The van der Waals surface area contributed by atoms with Crippen LogP contribution in [0.5, 0.6) is 0 Å². The zero-order valence-corrected chi connectivity index (χ0v) is 14.1. The van der Waals surface area contributed by atoms with Gasteiger partial charge in [0.05, 0.1) is 6.10 Å². The van der Waals surface area contributed by atoms with Crippen LogP contribution in [-0.4, -0.2) is 38.3 Å². The number of benzene rings is 1. The van der Waals surface area contributed by atoms with Crippen molar-refractivity contribution in [3.63, 3.8) is 0 Å². The molecule has 0 amide bonds. The largest absolute Gasteiger partial charge is 0.377 e. The van der Waals surface area contributed by atoms with Crippen LogP contribution in [0.15, 0.2) is 29.3 Å². The van der Waals surface area contributed by atoms with Crippen molar-refractivity contribution >= 4 is 5.96 Å². The molecule has 0 radical (unpaired) electrons. The summed E-state index contributed by atoms with van der Waals surface area (Å²) in [4.78, 5) is 4.33. The summed E-state index contributed by atoms with van der Waals surface area (Å²) in [5.41, 5.74) is 1.25. The second kappa shape index (κ2) is 6.48.